The van der Waals surface area contributed by atoms with Gasteiger partial charge in [0.1, 0.15) is 0 Å². The molecule has 0 radical (unpaired) electrons. The number of nitro groups is 1. The van der Waals surface area contributed by atoms with E-state index in [1.165, 1.54) is 24.3 Å². The summed E-state index contributed by atoms with van der Waals surface area (Å²) in [5.74, 6) is -3.22. The molecular weight excluding hydrogens is 440 g/mol. The molecule has 1 aliphatic rings. The molecule has 2 rings (SSSR count). The summed E-state index contributed by atoms with van der Waals surface area (Å²) in [6.45, 7) is 0. The van der Waals surface area contributed by atoms with Crippen molar-refractivity contribution in [3.05, 3.63) is 34.4 Å². The summed E-state index contributed by atoms with van der Waals surface area (Å²) in [6.07, 6.45) is -7.45. The Bertz CT molecular complexity index is 650. The molecule has 0 aliphatic carbocycles. The SMILES string of the molecule is O=C(O)C(O)C(O)C1[O][Sb]([c]2ccc([N+](=O)[O-])cc2)[O]C1C(=O)O. The van der Waals surface area contributed by atoms with Crippen molar-refractivity contribution in [3.8, 4) is 0 Å². The first-order valence-electron chi connectivity index (χ1n) is 6.42. The number of non-ortho nitro benzene ring substituents is 1. The Hall–Kier alpha value is -1.78. The van der Waals surface area contributed by atoms with Crippen LogP contribution in [-0.4, -0.2) is 82.8 Å². The van der Waals surface area contributed by atoms with Crippen molar-refractivity contribution in [2.24, 2.45) is 0 Å². The van der Waals surface area contributed by atoms with Gasteiger partial charge >= 0.3 is 142 Å². The molecular formula is C12H12NO10Sb. The van der Waals surface area contributed by atoms with Crippen molar-refractivity contribution in [3.63, 3.8) is 0 Å². The number of hydrogen-bond donors (Lipinski definition) is 4. The van der Waals surface area contributed by atoms with E-state index in [1.54, 1.807) is 0 Å². The van der Waals surface area contributed by atoms with E-state index in [0.29, 0.717) is 3.51 Å². The summed E-state index contributed by atoms with van der Waals surface area (Å²) in [6, 6.07) is 5.08. The Morgan fingerprint density at radius 3 is 2.21 bits per heavy atom. The van der Waals surface area contributed by atoms with Crippen molar-refractivity contribution in [2.75, 3.05) is 0 Å². The van der Waals surface area contributed by atoms with Gasteiger partial charge in [-0.3, -0.25) is 0 Å². The van der Waals surface area contributed by atoms with Crippen molar-refractivity contribution in [1.29, 1.82) is 0 Å². The number of carbonyl (C=O) groups is 2. The van der Waals surface area contributed by atoms with Gasteiger partial charge in [-0.25, -0.2) is 0 Å². The van der Waals surface area contributed by atoms with Crippen LogP contribution in [0.4, 0.5) is 5.69 Å². The van der Waals surface area contributed by atoms with E-state index in [4.69, 9.17) is 16.2 Å². The molecule has 1 saturated heterocycles. The van der Waals surface area contributed by atoms with Crippen molar-refractivity contribution >= 4 is 42.2 Å². The molecule has 0 amide bonds. The third-order valence-corrected chi connectivity index (χ3v) is 7.64. The molecule has 0 spiro atoms. The predicted molar refractivity (Wildman–Crippen MR) is 75.5 cm³/mol. The summed E-state index contributed by atoms with van der Waals surface area (Å²) in [4.78, 5) is 32.0. The molecule has 12 heteroatoms. The quantitative estimate of drug-likeness (QED) is 0.214. The molecule has 4 atom stereocenters. The molecule has 11 nitrogen and oxygen atoms in total. The van der Waals surface area contributed by atoms with Crippen molar-refractivity contribution < 1.29 is 41.0 Å². The number of aliphatic hydroxyl groups is 2. The first-order chi connectivity index (χ1) is 11.2. The zero-order chi connectivity index (χ0) is 18.0. The van der Waals surface area contributed by atoms with Gasteiger partial charge in [0, 0.05) is 0 Å². The molecule has 1 aliphatic heterocycles. The van der Waals surface area contributed by atoms with Gasteiger partial charge in [0.05, 0.1) is 0 Å². The fourth-order valence-corrected chi connectivity index (χ4v) is 6.37. The Morgan fingerprint density at radius 2 is 1.75 bits per heavy atom. The van der Waals surface area contributed by atoms with Gasteiger partial charge in [-0.05, 0) is 0 Å². The van der Waals surface area contributed by atoms with Crippen LogP contribution in [0.3, 0.4) is 0 Å². The number of benzene rings is 1. The maximum atomic E-state index is 11.2. The number of aliphatic hydroxyl groups excluding tert-OH is 2. The average molecular weight is 452 g/mol. The molecule has 0 bridgehead atoms. The van der Waals surface area contributed by atoms with Gasteiger partial charge in [-0.2, -0.15) is 0 Å². The number of carboxylic acid groups (broad SMARTS) is 2. The fraction of sp³-hybridized carbons (Fsp3) is 0.333. The van der Waals surface area contributed by atoms with Crippen LogP contribution < -0.4 is 3.51 Å². The minimum atomic E-state index is -3.36. The molecule has 0 aromatic heterocycles. The molecule has 1 aromatic carbocycles. The number of rotatable bonds is 6. The van der Waals surface area contributed by atoms with Crippen molar-refractivity contribution in [2.45, 2.75) is 24.4 Å². The second kappa shape index (κ2) is 7.41. The summed E-state index contributed by atoms with van der Waals surface area (Å²) < 4.78 is 11.1. The standard InChI is InChI=1S/C6H4NO2.C6H8O8.Sb/c8-7(9)6-4-2-1-3-5-6;7-1(3(9)5(11)12)2(8)4(10)6(13)14;/h2-5H;1-4,7,9H,(H,11,12)(H,13,14);/q;-2;+2. The summed E-state index contributed by atoms with van der Waals surface area (Å²) in [5, 5.41) is 47.7. The first-order valence-corrected chi connectivity index (χ1v) is 9.78. The molecule has 4 N–H and O–H groups in total. The van der Waals surface area contributed by atoms with E-state index in [2.05, 4.69) is 0 Å². The van der Waals surface area contributed by atoms with E-state index in [9.17, 15) is 29.9 Å². The molecule has 24 heavy (non-hydrogen) atoms. The Kier molecular flexibility index (Phi) is 5.73. The summed E-state index contributed by atoms with van der Waals surface area (Å²) in [5.41, 5.74) is -0.175. The average Bonchev–Trinajstić information content (AvgIpc) is 2.98. The topological polar surface area (TPSA) is 177 Å². The third kappa shape index (κ3) is 3.82. The molecule has 1 fully saturated rings. The number of nitro benzene ring substituents is 1. The van der Waals surface area contributed by atoms with Crippen LogP contribution in [0.1, 0.15) is 0 Å². The van der Waals surface area contributed by atoms with Gasteiger partial charge in [0.15, 0.2) is 0 Å². The number of carboxylic acids is 2. The fourth-order valence-electron chi connectivity index (χ4n) is 1.92. The normalized spacial score (nSPS) is 23.6. The number of hydrogen-bond acceptors (Lipinski definition) is 8. The molecule has 0 saturated carbocycles. The van der Waals surface area contributed by atoms with E-state index in [1.807, 2.05) is 0 Å². The van der Waals surface area contributed by atoms with Crippen LogP contribution in [0.5, 0.6) is 0 Å². The minimum absolute atomic E-state index is 0.175. The van der Waals surface area contributed by atoms with Crippen LogP contribution in [0.15, 0.2) is 24.3 Å². The van der Waals surface area contributed by atoms with Crippen LogP contribution >= 0.6 is 0 Å². The van der Waals surface area contributed by atoms with E-state index in [-0.39, 0.29) is 5.69 Å². The van der Waals surface area contributed by atoms with Gasteiger partial charge in [-0.1, -0.05) is 0 Å². The number of aliphatic carboxylic acids is 2. The predicted octanol–water partition coefficient (Wildman–Crippen LogP) is -2.03. The van der Waals surface area contributed by atoms with Crippen LogP contribution in [0.25, 0.3) is 0 Å². The second-order valence-electron chi connectivity index (χ2n) is 4.74. The van der Waals surface area contributed by atoms with Gasteiger partial charge in [0.25, 0.3) is 0 Å². The summed E-state index contributed by atoms with van der Waals surface area (Å²) >= 11 is -3.36. The monoisotopic (exact) mass is 451 g/mol. The van der Waals surface area contributed by atoms with Crippen LogP contribution in [-0.2, 0) is 15.6 Å². The Labute approximate surface area is 142 Å². The first kappa shape index (κ1) is 18.6. The van der Waals surface area contributed by atoms with Gasteiger partial charge in [0.2, 0.25) is 0 Å². The zero-order valence-corrected chi connectivity index (χ0v) is 14.3. The summed E-state index contributed by atoms with van der Waals surface area (Å²) in [7, 11) is 0. The van der Waals surface area contributed by atoms with E-state index >= 15 is 0 Å². The van der Waals surface area contributed by atoms with Gasteiger partial charge in [-0.15, -0.1) is 0 Å². The second-order valence-corrected chi connectivity index (χ2v) is 8.88. The van der Waals surface area contributed by atoms with E-state index < -0.39 is 62.3 Å². The van der Waals surface area contributed by atoms with Crippen molar-refractivity contribution in [1.82, 2.24) is 0 Å². The molecule has 1 aromatic rings. The maximum absolute atomic E-state index is 11.2. The zero-order valence-electron chi connectivity index (χ0n) is 11.8. The number of nitrogens with zero attached hydrogens (tertiary/aromatic N) is 1. The molecule has 130 valence electrons. The Balaban J connectivity index is 2.21. The van der Waals surface area contributed by atoms with E-state index in [0.717, 1.165) is 0 Å². The van der Waals surface area contributed by atoms with Crippen LogP contribution in [0, 0.1) is 10.1 Å². The molecule has 4 unspecified atom stereocenters. The van der Waals surface area contributed by atoms with Crippen LogP contribution in [0.2, 0.25) is 0 Å². The third-order valence-electron chi connectivity index (χ3n) is 3.15. The molecule has 1 heterocycles. The Morgan fingerprint density at radius 1 is 1.17 bits per heavy atom. The van der Waals surface area contributed by atoms with Gasteiger partial charge < -0.3 is 0 Å².